The Kier molecular flexibility index (Phi) is 5.74. The van der Waals surface area contributed by atoms with Crippen molar-refractivity contribution in [2.24, 2.45) is 0 Å². The number of hydrogen-bond donors (Lipinski definition) is 0. The van der Waals surface area contributed by atoms with E-state index in [2.05, 4.69) is 143 Å². The Morgan fingerprint density at radius 1 is 0.341 bits per heavy atom. The van der Waals surface area contributed by atoms with E-state index < -0.39 is 0 Å². The van der Waals surface area contributed by atoms with Gasteiger partial charge >= 0.3 is 0 Å². The van der Waals surface area contributed by atoms with Gasteiger partial charge in [-0.15, -0.1) is 0 Å². The van der Waals surface area contributed by atoms with Crippen molar-refractivity contribution >= 4 is 5.78 Å². The van der Waals surface area contributed by atoms with Gasteiger partial charge in [0.15, 0.2) is 5.78 Å². The Morgan fingerprint density at radius 2 is 0.773 bits per heavy atom. The van der Waals surface area contributed by atoms with Crippen molar-refractivity contribution in [2.45, 2.75) is 38.5 Å². The van der Waals surface area contributed by atoms with Gasteiger partial charge in [0.25, 0.3) is 0 Å². The van der Waals surface area contributed by atoms with E-state index in [1.807, 2.05) is 18.2 Å². The molecule has 0 spiro atoms. The van der Waals surface area contributed by atoms with E-state index in [9.17, 15) is 4.79 Å². The minimum Gasteiger partial charge on any atom is -0.289 e. The van der Waals surface area contributed by atoms with Crippen molar-refractivity contribution in [1.82, 2.24) is 0 Å². The van der Waals surface area contributed by atoms with Crippen LogP contribution < -0.4 is 0 Å². The van der Waals surface area contributed by atoms with Crippen LogP contribution in [0.3, 0.4) is 0 Å². The van der Waals surface area contributed by atoms with Crippen LogP contribution in [0, 0.1) is 0 Å². The van der Waals surface area contributed by atoms with Crippen molar-refractivity contribution in [1.29, 1.82) is 0 Å². The smallest absolute Gasteiger partial charge is 0.193 e. The summed E-state index contributed by atoms with van der Waals surface area (Å²) in [6, 6.07) is 47.7. The molecule has 2 aliphatic carbocycles. The minimum absolute atomic E-state index is 0.0264. The Hall–Kier alpha value is -5.01. The van der Waals surface area contributed by atoms with Crippen LogP contribution in [0.15, 0.2) is 133 Å². The third-order valence-electron chi connectivity index (χ3n) is 10.1. The van der Waals surface area contributed by atoms with Crippen LogP contribution >= 0.6 is 0 Å². The molecule has 0 fully saturated rings. The molecule has 6 aromatic carbocycles. The molecule has 0 amide bonds. The lowest BCUT2D eigenvalue weighted by molar-refractivity contribution is 0.103. The lowest BCUT2D eigenvalue weighted by atomic mass is 9.68. The average molecular weight is 567 g/mol. The molecule has 0 aromatic heterocycles. The highest BCUT2D eigenvalue weighted by atomic mass is 16.1. The number of benzene rings is 6. The molecule has 0 radical (unpaired) electrons. The fourth-order valence-corrected chi connectivity index (χ4v) is 7.61. The Bertz CT molecular complexity index is 2140. The summed E-state index contributed by atoms with van der Waals surface area (Å²) in [5.74, 6) is 0.112. The van der Waals surface area contributed by atoms with Crippen molar-refractivity contribution in [3.05, 3.63) is 167 Å². The zero-order valence-electron chi connectivity index (χ0n) is 25.6. The third-order valence-corrected chi connectivity index (χ3v) is 10.1. The summed E-state index contributed by atoms with van der Waals surface area (Å²) in [6.45, 7) is 9.09. The quantitative estimate of drug-likeness (QED) is 0.208. The van der Waals surface area contributed by atoms with Crippen LogP contribution in [0.25, 0.3) is 44.5 Å². The highest BCUT2D eigenvalue weighted by Crippen LogP contribution is 2.49. The van der Waals surface area contributed by atoms with E-state index in [1.165, 1.54) is 38.9 Å². The first-order valence-corrected chi connectivity index (χ1v) is 15.5. The number of rotatable bonds is 3. The zero-order chi connectivity index (χ0) is 30.2. The zero-order valence-corrected chi connectivity index (χ0v) is 25.6. The predicted octanol–water partition coefficient (Wildman–Crippen LogP) is 10.9. The molecule has 0 saturated carbocycles. The van der Waals surface area contributed by atoms with Crippen LogP contribution in [-0.4, -0.2) is 5.78 Å². The highest BCUT2D eigenvalue weighted by Gasteiger charge is 2.37. The molecule has 6 aromatic rings. The summed E-state index contributed by atoms with van der Waals surface area (Å²) in [7, 11) is 0. The number of fused-ring (bicyclic) bond motifs is 5. The summed E-state index contributed by atoms with van der Waals surface area (Å²) in [4.78, 5) is 13.6. The van der Waals surface area contributed by atoms with Gasteiger partial charge in [-0.05, 0) is 91.0 Å². The normalized spacial score (nSPS) is 15.2. The molecular weight excluding hydrogens is 532 g/mol. The summed E-state index contributed by atoms with van der Waals surface area (Å²) in [6.07, 6.45) is 0. The van der Waals surface area contributed by atoms with E-state index in [4.69, 9.17) is 0 Å². The molecule has 0 atom stereocenters. The second-order valence-corrected chi connectivity index (χ2v) is 13.4. The van der Waals surface area contributed by atoms with Gasteiger partial charge in [-0.1, -0.05) is 137 Å². The van der Waals surface area contributed by atoms with Gasteiger partial charge in [0.2, 0.25) is 0 Å². The van der Waals surface area contributed by atoms with E-state index in [-0.39, 0.29) is 16.6 Å². The van der Waals surface area contributed by atoms with Gasteiger partial charge in [-0.25, -0.2) is 0 Å². The van der Waals surface area contributed by atoms with Crippen molar-refractivity contribution in [2.75, 3.05) is 0 Å². The van der Waals surface area contributed by atoms with Gasteiger partial charge in [-0.2, -0.15) is 0 Å². The fraction of sp³-hybridized carbons (Fsp3) is 0.140. The Morgan fingerprint density at radius 3 is 1.41 bits per heavy atom. The van der Waals surface area contributed by atoms with E-state index in [0.717, 1.165) is 38.9 Å². The second kappa shape index (κ2) is 9.49. The molecule has 0 unspecified atom stereocenters. The summed E-state index contributed by atoms with van der Waals surface area (Å²) < 4.78 is 0. The molecule has 0 aliphatic heterocycles. The van der Waals surface area contributed by atoms with Crippen molar-refractivity contribution in [3.8, 4) is 44.5 Å². The highest BCUT2D eigenvalue weighted by molar-refractivity contribution is 6.13. The first-order valence-electron chi connectivity index (χ1n) is 15.5. The molecule has 212 valence electrons. The lowest BCUT2D eigenvalue weighted by Crippen LogP contribution is -2.30. The summed E-state index contributed by atoms with van der Waals surface area (Å²) >= 11 is 0. The minimum atomic E-state index is -0.226. The topological polar surface area (TPSA) is 17.1 Å². The molecule has 0 bridgehead atoms. The fourth-order valence-electron chi connectivity index (χ4n) is 7.61. The van der Waals surface area contributed by atoms with Crippen LogP contribution in [0.1, 0.15) is 65.9 Å². The monoisotopic (exact) mass is 566 g/mol. The predicted molar refractivity (Wildman–Crippen MR) is 182 cm³/mol. The molecule has 2 aliphatic rings. The molecule has 0 heterocycles. The summed E-state index contributed by atoms with van der Waals surface area (Å²) in [5.41, 5.74) is 16.0. The van der Waals surface area contributed by atoms with Gasteiger partial charge in [0.1, 0.15) is 0 Å². The lowest BCUT2D eigenvalue weighted by Gasteiger charge is -2.34. The van der Waals surface area contributed by atoms with Crippen LogP contribution in [0.5, 0.6) is 0 Å². The van der Waals surface area contributed by atoms with E-state index in [1.54, 1.807) is 0 Å². The maximum absolute atomic E-state index is 13.6. The third kappa shape index (κ3) is 3.89. The second-order valence-electron chi connectivity index (χ2n) is 13.4. The molecule has 0 saturated heterocycles. The largest absolute Gasteiger partial charge is 0.289 e. The number of carbonyl (C=O) groups is 1. The number of carbonyl (C=O) groups excluding carboxylic acids is 1. The molecule has 1 heteroatoms. The van der Waals surface area contributed by atoms with E-state index >= 15 is 0 Å². The summed E-state index contributed by atoms with van der Waals surface area (Å²) in [5, 5.41) is 0. The molecular formula is C43H34O. The maximum atomic E-state index is 13.6. The first-order chi connectivity index (χ1) is 21.2. The first kappa shape index (κ1) is 26.6. The van der Waals surface area contributed by atoms with Crippen LogP contribution in [0.2, 0.25) is 0 Å². The van der Waals surface area contributed by atoms with Gasteiger partial charge in [0, 0.05) is 22.0 Å². The Labute approximate surface area is 259 Å². The molecule has 44 heavy (non-hydrogen) atoms. The van der Waals surface area contributed by atoms with E-state index in [0.29, 0.717) is 0 Å². The van der Waals surface area contributed by atoms with Crippen molar-refractivity contribution < 1.29 is 4.79 Å². The molecule has 0 N–H and O–H groups in total. The number of hydrogen-bond acceptors (Lipinski definition) is 1. The standard InChI is InChI=1S/C43H34O/c1-42(2)38-18-8-6-16-35(38)41(44)36-25-31(20-22-39(36)42)29-13-9-11-27(23-29)28-12-10-14-30(24-28)32-19-21-34-33-15-5-7-17-37(33)43(3,4)40(34)26-32/h5-26H,1-4H3. The van der Waals surface area contributed by atoms with Crippen LogP contribution in [0.4, 0.5) is 0 Å². The van der Waals surface area contributed by atoms with Gasteiger partial charge in [-0.3, -0.25) is 4.79 Å². The maximum Gasteiger partial charge on any atom is 0.193 e. The van der Waals surface area contributed by atoms with Gasteiger partial charge < -0.3 is 0 Å². The number of ketones is 1. The SMILES string of the molecule is CC1(C)c2ccccc2C(=O)c2cc(-c3cccc(-c4cccc(-c5ccc6c(c5)C(C)(C)c5ccccc5-6)c4)c3)ccc21. The van der Waals surface area contributed by atoms with Gasteiger partial charge in [0.05, 0.1) is 0 Å². The average Bonchev–Trinajstić information content (AvgIpc) is 3.29. The molecule has 1 nitrogen and oxygen atoms in total. The van der Waals surface area contributed by atoms with Crippen LogP contribution in [-0.2, 0) is 10.8 Å². The van der Waals surface area contributed by atoms with Crippen molar-refractivity contribution in [3.63, 3.8) is 0 Å². The Balaban J connectivity index is 1.15. The molecule has 8 rings (SSSR count).